The molecule has 0 aliphatic carbocycles. The van der Waals surface area contributed by atoms with Crippen molar-refractivity contribution in [1.82, 2.24) is 9.88 Å². The van der Waals surface area contributed by atoms with E-state index in [1.807, 2.05) is 29.2 Å². The second kappa shape index (κ2) is 6.77. The first-order valence-electron chi connectivity index (χ1n) is 7.99. The minimum atomic E-state index is -0.769. The largest absolute Gasteiger partial charge is 0.481 e. The van der Waals surface area contributed by atoms with Gasteiger partial charge in [-0.05, 0) is 42.7 Å². The zero-order valence-electron chi connectivity index (χ0n) is 12.9. The van der Waals surface area contributed by atoms with Gasteiger partial charge in [-0.3, -0.25) is 14.6 Å². The van der Waals surface area contributed by atoms with Crippen LogP contribution in [-0.4, -0.2) is 40.0 Å². The first kappa shape index (κ1) is 15.5. The lowest BCUT2D eigenvalue weighted by molar-refractivity contribution is -0.137. The molecule has 1 aliphatic heterocycles. The minimum Gasteiger partial charge on any atom is -0.481 e. The van der Waals surface area contributed by atoms with Crippen LogP contribution in [-0.2, 0) is 4.79 Å². The molecule has 23 heavy (non-hydrogen) atoms. The third-order valence-corrected chi connectivity index (χ3v) is 4.48. The number of carbonyl (C=O) groups is 2. The van der Waals surface area contributed by atoms with Crippen molar-refractivity contribution in [2.45, 2.75) is 25.7 Å². The number of hydrogen-bond donors (Lipinski definition) is 1. The summed E-state index contributed by atoms with van der Waals surface area (Å²) in [6.07, 6.45) is 6.20. The summed E-state index contributed by atoms with van der Waals surface area (Å²) in [5.41, 5.74) is 0.698. The van der Waals surface area contributed by atoms with Gasteiger partial charge in [0.2, 0.25) is 0 Å². The van der Waals surface area contributed by atoms with Crippen LogP contribution in [0.2, 0.25) is 0 Å². The van der Waals surface area contributed by atoms with Crippen molar-refractivity contribution >= 4 is 22.6 Å². The predicted molar refractivity (Wildman–Crippen MR) is 87.2 cm³/mol. The SMILES string of the molecule is O=C(O)CCC1CCCN(C(=O)c2cccc3cnccc23)C1. The third kappa shape index (κ3) is 3.50. The molecule has 0 radical (unpaired) electrons. The Morgan fingerprint density at radius 1 is 1.30 bits per heavy atom. The average molecular weight is 312 g/mol. The van der Waals surface area contributed by atoms with Crippen molar-refractivity contribution in [2.24, 2.45) is 5.92 Å². The quantitative estimate of drug-likeness (QED) is 0.942. The Morgan fingerprint density at radius 2 is 2.17 bits per heavy atom. The molecule has 1 aromatic carbocycles. The Labute approximate surface area is 134 Å². The topological polar surface area (TPSA) is 70.5 Å². The van der Waals surface area contributed by atoms with Crippen molar-refractivity contribution in [3.05, 3.63) is 42.2 Å². The van der Waals surface area contributed by atoms with Crippen LogP contribution < -0.4 is 0 Å². The summed E-state index contributed by atoms with van der Waals surface area (Å²) in [5, 5.41) is 10.7. The number of pyridine rings is 1. The lowest BCUT2D eigenvalue weighted by Gasteiger charge is -2.33. The normalized spacial score (nSPS) is 18.1. The molecule has 1 unspecified atom stereocenters. The van der Waals surface area contributed by atoms with Crippen LogP contribution in [0.25, 0.3) is 10.8 Å². The lowest BCUT2D eigenvalue weighted by atomic mass is 9.92. The number of carbonyl (C=O) groups excluding carboxylic acids is 1. The molecule has 0 bridgehead atoms. The molecule has 1 aromatic heterocycles. The van der Waals surface area contributed by atoms with Crippen LogP contribution in [0.5, 0.6) is 0 Å². The molecule has 1 N–H and O–H groups in total. The summed E-state index contributed by atoms with van der Waals surface area (Å²) in [6, 6.07) is 7.55. The number of fused-ring (bicyclic) bond motifs is 1. The molecule has 1 amide bonds. The van der Waals surface area contributed by atoms with E-state index in [9.17, 15) is 9.59 Å². The van der Waals surface area contributed by atoms with E-state index >= 15 is 0 Å². The molecule has 120 valence electrons. The molecule has 1 aliphatic rings. The van der Waals surface area contributed by atoms with Gasteiger partial charge in [0.25, 0.3) is 5.91 Å². The van der Waals surface area contributed by atoms with E-state index in [1.165, 1.54) is 0 Å². The van der Waals surface area contributed by atoms with E-state index < -0.39 is 5.97 Å². The average Bonchev–Trinajstić information content (AvgIpc) is 2.59. The van der Waals surface area contributed by atoms with E-state index in [2.05, 4.69) is 4.98 Å². The van der Waals surface area contributed by atoms with E-state index in [0.29, 0.717) is 18.5 Å². The van der Waals surface area contributed by atoms with Gasteiger partial charge in [0.05, 0.1) is 0 Å². The number of aliphatic carboxylic acids is 1. The number of piperidine rings is 1. The molecule has 1 saturated heterocycles. The number of aromatic nitrogens is 1. The standard InChI is InChI=1S/C18H20N2O3/c21-17(22)7-6-13-3-2-10-20(12-13)18(23)16-5-1-4-14-11-19-9-8-15(14)16/h1,4-5,8-9,11,13H,2-3,6-7,10,12H2,(H,21,22). The molecule has 5 nitrogen and oxygen atoms in total. The van der Waals surface area contributed by atoms with Crippen LogP contribution in [0.15, 0.2) is 36.7 Å². The van der Waals surface area contributed by atoms with E-state index in [4.69, 9.17) is 5.11 Å². The molecule has 0 spiro atoms. The molecule has 0 saturated carbocycles. The molecule has 3 rings (SSSR count). The van der Waals surface area contributed by atoms with Gasteiger partial charge in [-0.25, -0.2) is 0 Å². The first-order valence-corrected chi connectivity index (χ1v) is 7.99. The fraction of sp³-hybridized carbons (Fsp3) is 0.389. The van der Waals surface area contributed by atoms with Crippen molar-refractivity contribution < 1.29 is 14.7 Å². The molecule has 1 atom stereocenters. The Bertz CT molecular complexity index is 724. The van der Waals surface area contributed by atoms with Crippen LogP contribution in [0.1, 0.15) is 36.0 Å². The van der Waals surface area contributed by atoms with Crippen molar-refractivity contribution in [3.63, 3.8) is 0 Å². The zero-order valence-corrected chi connectivity index (χ0v) is 12.9. The number of nitrogens with zero attached hydrogens (tertiary/aromatic N) is 2. The van der Waals surface area contributed by atoms with E-state index in [0.717, 1.165) is 30.2 Å². The fourth-order valence-corrected chi connectivity index (χ4v) is 3.29. The maximum absolute atomic E-state index is 12.9. The van der Waals surface area contributed by atoms with E-state index in [1.54, 1.807) is 12.4 Å². The maximum Gasteiger partial charge on any atom is 0.303 e. The Balaban J connectivity index is 1.77. The van der Waals surface area contributed by atoms with Crippen molar-refractivity contribution in [1.29, 1.82) is 0 Å². The number of carboxylic acids is 1. The molecular weight excluding hydrogens is 292 g/mol. The van der Waals surface area contributed by atoms with Gasteiger partial charge < -0.3 is 10.0 Å². The van der Waals surface area contributed by atoms with Crippen molar-refractivity contribution in [2.75, 3.05) is 13.1 Å². The molecule has 5 heteroatoms. The number of hydrogen-bond acceptors (Lipinski definition) is 3. The first-order chi connectivity index (χ1) is 11.1. The van der Waals surface area contributed by atoms with Gasteiger partial charge in [-0.15, -0.1) is 0 Å². The van der Waals surface area contributed by atoms with Crippen LogP contribution in [0.4, 0.5) is 0 Å². The summed E-state index contributed by atoms with van der Waals surface area (Å²) >= 11 is 0. The monoisotopic (exact) mass is 312 g/mol. The molecule has 1 fully saturated rings. The number of amides is 1. The summed E-state index contributed by atoms with van der Waals surface area (Å²) in [4.78, 5) is 29.6. The van der Waals surface area contributed by atoms with Crippen molar-refractivity contribution in [3.8, 4) is 0 Å². The molecule has 2 heterocycles. The van der Waals surface area contributed by atoms with Gasteiger partial charge in [0.15, 0.2) is 0 Å². The van der Waals surface area contributed by atoms with Gasteiger partial charge in [-0.1, -0.05) is 12.1 Å². The lowest BCUT2D eigenvalue weighted by Crippen LogP contribution is -2.40. The van der Waals surface area contributed by atoms with Crippen LogP contribution >= 0.6 is 0 Å². The minimum absolute atomic E-state index is 0.0295. The maximum atomic E-state index is 12.9. The fourth-order valence-electron chi connectivity index (χ4n) is 3.29. The number of likely N-dealkylation sites (tertiary alicyclic amines) is 1. The summed E-state index contributed by atoms with van der Waals surface area (Å²) < 4.78 is 0. The van der Waals surface area contributed by atoms with Gasteiger partial charge in [0, 0.05) is 42.9 Å². The summed E-state index contributed by atoms with van der Waals surface area (Å²) in [7, 11) is 0. The summed E-state index contributed by atoms with van der Waals surface area (Å²) in [6.45, 7) is 1.39. The smallest absolute Gasteiger partial charge is 0.303 e. The predicted octanol–water partition coefficient (Wildman–Crippen LogP) is 2.95. The highest BCUT2D eigenvalue weighted by molar-refractivity contribution is 6.06. The summed E-state index contributed by atoms with van der Waals surface area (Å²) in [5.74, 6) is -0.461. The Hall–Kier alpha value is -2.43. The highest BCUT2D eigenvalue weighted by Crippen LogP contribution is 2.25. The third-order valence-electron chi connectivity index (χ3n) is 4.48. The Morgan fingerprint density at radius 3 is 3.00 bits per heavy atom. The number of carboxylic acid groups (broad SMARTS) is 1. The van der Waals surface area contributed by atoms with Gasteiger partial charge >= 0.3 is 5.97 Å². The molecule has 2 aromatic rings. The Kier molecular flexibility index (Phi) is 4.55. The number of benzene rings is 1. The molecular formula is C18H20N2O3. The van der Waals surface area contributed by atoms with Gasteiger partial charge in [-0.2, -0.15) is 0 Å². The van der Waals surface area contributed by atoms with Gasteiger partial charge in [0.1, 0.15) is 0 Å². The van der Waals surface area contributed by atoms with Crippen LogP contribution in [0, 0.1) is 5.92 Å². The zero-order chi connectivity index (χ0) is 16.2. The highest BCUT2D eigenvalue weighted by atomic mass is 16.4. The number of rotatable bonds is 4. The highest BCUT2D eigenvalue weighted by Gasteiger charge is 2.25. The second-order valence-corrected chi connectivity index (χ2v) is 6.09. The van der Waals surface area contributed by atoms with Crippen LogP contribution in [0.3, 0.4) is 0 Å². The van der Waals surface area contributed by atoms with E-state index in [-0.39, 0.29) is 18.2 Å². The second-order valence-electron chi connectivity index (χ2n) is 6.09.